The highest BCUT2D eigenvalue weighted by atomic mass is 16.5. The van der Waals surface area contributed by atoms with Gasteiger partial charge in [0.2, 0.25) is 5.91 Å². The molecule has 0 unspecified atom stereocenters. The molecular weight excluding hydrogens is 404 g/mol. The fourth-order valence-corrected chi connectivity index (χ4v) is 4.78. The normalized spacial score (nSPS) is 19.6. The van der Waals surface area contributed by atoms with Crippen molar-refractivity contribution >= 4 is 11.7 Å². The van der Waals surface area contributed by atoms with Crippen molar-refractivity contribution < 1.29 is 14.3 Å². The van der Waals surface area contributed by atoms with Crippen molar-refractivity contribution in [3.05, 3.63) is 48.2 Å². The van der Waals surface area contributed by atoms with E-state index in [9.17, 15) is 4.79 Å². The summed E-state index contributed by atoms with van der Waals surface area (Å²) in [6.07, 6.45) is 4.49. The predicted octanol–water partition coefficient (Wildman–Crippen LogP) is 2.70. The number of likely N-dealkylation sites (tertiary alicyclic amines) is 1. The van der Waals surface area contributed by atoms with Gasteiger partial charge in [0.05, 0.1) is 20.6 Å². The number of benzene rings is 1. The molecule has 1 amide bonds. The molecule has 0 bridgehead atoms. The molecule has 7 nitrogen and oxygen atoms in total. The average Bonchev–Trinajstić information content (AvgIpc) is 2.85. The minimum atomic E-state index is 0.179. The number of hydrogen-bond donors (Lipinski definition) is 0. The van der Waals surface area contributed by atoms with Crippen LogP contribution in [0.3, 0.4) is 0 Å². The van der Waals surface area contributed by atoms with Crippen LogP contribution >= 0.6 is 0 Å². The summed E-state index contributed by atoms with van der Waals surface area (Å²) in [4.78, 5) is 24.5. The lowest BCUT2D eigenvalue weighted by Gasteiger charge is -2.39. The Balaban J connectivity index is 1.28. The van der Waals surface area contributed by atoms with Crippen LogP contribution in [0, 0.1) is 5.92 Å². The van der Waals surface area contributed by atoms with Crippen LogP contribution in [0.2, 0.25) is 0 Å². The van der Waals surface area contributed by atoms with Gasteiger partial charge in [0.1, 0.15) is 17.3 Å². The van der Waals surface area contributed by atoms with Crippen molar-refractivity contribution in [2.45, 2.75) is 19.3 Å². The molecule has 2 saturated heterocycles. The zero-order valence-electron chi connectivity index (χ0n) is 19.2. The first-order chi connectivity index (χ1) is 15.7. The van der Waals surface area contributed by atoms with Crippen molar-refractivity contribution in [2.75, 3.05) is 64.9 Å². The molecule has 3 heterocycles. The predicted molar refractivity (Wildman–Crippen MR) is 125 cm³/mol. The number of carbonyl (C=O) groups is 1. The van der Waals surface area contributed by atoms with Gasteiger partial charge in [-0.3, -0.25) is 9.69 Å². The van der Waals surface area contributed by atoms with Crippen molar-refractivity contribution in [2.24, 2.45) is 5.92 Å². The summed E-state index contributed by atoms with van der Waals surface area (Å²) < 4.78 is 10.7. The number of ether oxygens (including phenoxy) is 2. The number of piperazine rings is 1. The molecule has 172 valence electrons. The summed E-state index contributed by atoms with van der Waals surface area (Å²) in [6, 6.07) is 11.7. The van der Waals surface area contributed by atoms with Gasteiger partial charge in [0.15, 0.2) is 0 Å². The number of amides is 1. The van der Waals surface area contributed by atoms with E-state index in [1.165, 1.54) is 6.42 Å². The van der Waals surface area contributed by atoms with Gasteiger partial charge < -0.3 is 19.3 Å². The third-order valence-corrected chi connectivity index (χ3v) is 6.57. The van der Waals surface area contributed by atoms with Gasteiger partial charge >= 0.3 is 0 Å². The van der Waals surface area contributed by atoms with Crippen molar-refractivity contribution in [1.82, 2.24) is 14.8 Å². The van der Waals surface area contributed by atoms with Crippen LogP contribution in [0.4, 0.5) is 5.82 Å². The molecule has 1 aromatic heterocycles. The van der Waals surface area contributed by atoms with Crippen LogP contribution in [-0.4, -0.2) is 80.7 Å². The summed E-state index contributed by atoms with van der Waals surface area (Å²) in [5, 5.41) is 0. The first-order valence-electron chi connectivity index (χ1n) is 11.5. The Morgan fingerprint density at radius 2 is 1.91 bits per heavy atom. The number of methoxy groups -OCH3 is 2. The Labute approximate surface area is 190 Å². The van der Waals surface area contributed by atoms with Crippen LogP contribution in [0.5, 0.6) is 11.5 Å². The Morgan fingerprint density at radius 1 is 1.06 bits per heavy atom. The van der Waals surface area contributed by atoms with Crippen LogP contribution in [0.25, 0.3) is 0 Å². The number of anilines is 1. The molecule has 32 heavy (non-hydrogen) atoms. The first kappa shape index (κ1) is 22.4. The minimum absolute atomic E-state index is 0.179. The molecule has 2 aliphatic rings. The number of nitrogens with zero attached hydrogens (tertiary/aromatic N) is 4. The molecule has 1 atom stereocenters. The van der Waals surface area contributed by atoms with Gasteiger partial charge in [-0.25, -0.2) is 4.98 Å². The van der Waals surface area contributed by atoms with E-state index in [-0.39, 0.29) is 5.91 Å². The van der Waals surface area contributed by atoms with Crippen LogP contribution in [0.1, 0.15) is 18.4 Å². The maximum atomic E-state index is 13.0. The maximum Gasteiger partial charge on any atom is 0.227 e. The Bertz CT molecular complexity index is 884. The molecule has 2 fully saturated rings. The van der Waals surface area contributed by atoms with Crippen molar-refractivity contribution in [3.63, 3.8) is 0 Å². The Kier molecular flexibility index (Phi) is 7.47. The molecule has 4 rings (SSSR count). The summed E-state index contributed by atoms with van der Waals surface area (Å²) in [5.74, 6) is 3.22. The fraction of sp³-hybridized carbons (Fsp3) is 0.520. The summed E-state index contributed by atoms with van der Waals surface area (Å²) >= 11 is 0. The largest absolute Gasteiger partial charge is 0.497 e. The van der Waals surface area contributed by atoms with Crippen molar-refractivity contribution in [3.8, 4) is 11.5 Å². The van der Waals surface area contributed by atoms with E-state index in [2.05, 4.69) is 20.9 Å². The average molecular weight is 439 g/mol. The molecular formula is C25H34N4O3. The van der Waals surface area contributed by atoms with E-state index in [0.29, 0.717) is 18.1 Å². The van der Waals surface area contributed by atoms with E-state index in [0.717, 1.165) is 69.4 Å². The molecule has 1 aromatic carbocycles. The highest BCUT2D eigenvalue weighted by Gasteiger charge is 2.27. The van der Waals surface area contributed by atoms with E-state index in [1.54, 1.807) is 14.2 Å². The molecule has 0 saturated carbocycles. The lowest BCUT2D eigenvalue weighted by molar-refractivity contribution is -0.132. The molecule has 2 aromatic rings. The number of hydrogen-bond acceptors (Lipinski definition) is 6. The standard InChI is InChI=1S/C25H34N4O3/c1-31-22-9-8-21(23(17-22)32-2)16-25(30)29-11-5-6-20(19-29)18-27-12-14-28(15-13-27)24-7-3-4-10-26-24/h3-4,7-10,17,20H,5-6,11-16,18-19H2,1-2H3/t20-/m0/s1. The highest BCUT2D eigenvalue weighted by Crippen LogP contribution is 2.26. The van der Waals surface area contributed by atoms with Crippen LogP contribution in [-0.2, 0) is 11.2 Å². The topological polar surface area (TPSA) is 58.1 Å². The van der Waals surface area contributed by atoms with E-state index >= 15 is 0 Å². The van der Waals surface area contributed by atoms with Crippen LogP contribution in [0.15, 0.2) is 42.6 Å². The van der Waals surface area contributed by atoms with E-state index < -0.39 is 0 Å². The maximum absolute atomic E-state index is 13.0. The van der Waals surface area contributed by atoms with Crippen molar-refractivity contribution in [1.29, 1.82) is 0 Å². The second kappa shape index (κ2) is 10.7. The zero-order valence-corrected chi connectivity index (χ0v) is 19.2. The summed E-state index contributed by atoms with van der Waals surface area (Å²) in [7, 11) is 3.26. The molecule has 0 radical (unpaired) electrons. The minimum Gasteiger partial charge on any atom is -0.497 e. The summed E-state index contributed by atoms with van der Waals surface area (Å²) in [6.45, 7) is 6.85. The van der Waals surface area contributed by atoms with Gasteiger partial charge in [-0.05, 0) is 37.0 Å². The fourth-order valence-electron chi connectivity index (χ4n) is 4.78. The highest BCUT2D eigenvalue weighted by molar-refractivity contribution is 5.79. The quantitative estimate of drug-likeness (QED) is 0.663. The SMILES string of the molecule is COc1ccc(CC(=O)N2CCC[C@@H](CN3CCN(c4ccccn4)CC3)C2)c(OC)c1. The zero-order chi connectivity index (χ0) is 22.3. The number of pyridine rings is 1. The number of carbonyl (C=O) groups excluding carboxylic acids is 1. The van der Waals surface area contributed by atoms with Crippen LogP contribution < -0.4 is 14.4 Å². The van der Waals surface area contributed by atoms with Gasteiger partial charge in [-0.2, -0.15) is 0 Å². The Morgan fingerprint density at radius 3 is 2.62 bits per heavy atom. The second-order valence-electron chi connectivity index (χ2n) is 8.68. The lowest BCUT2D eigenvalue weighted by atomic mass is 9.96. The number of rotatable bonds is 7. The molecule has 0 spiro atoms. The molecule has 0 aliphatic carbocycles. The second-order valence-corrected chi connectivity index (χ2v) is 8.68. The number of piperidine rings is 1. The smallest absolute Gasteiger partial charge is 0.227 e. The monoisotopic (exact) mass is 438 g/mol. The van der Waals surface area contributed by atoms with Gasteiger partial charge in [-0.1, -0.05) is 12.1 Å². The van der Waals surface area contributed by atoms with E-state index in [1.807, 2.05) is 41.4 Å². The van der Waals surface area contributed by atoms with Gasteiger partial charge in [0, 0.05) is 63.6 Å². The van der Waals surface area contributed by atoms with Gasteiger partial charge in [-0.15, -0.1) is 0 Å². The third-order valence-electron chi connectivity index (χ3n) is 6.57. The van der Waals surface area contributed by atoms with Gasteiger partial charge in [0.25, 0.3) is 0 Å². The molecule has 0 N–H and O–H groups in total. The Hall–Kier alpha value is -2.80. The molecule has 2 aliphatic heterocycles. The summed E-state index contributed by atoms with van der Waals surface area (Å²) in [5.41, 5.74) is 0.908. The lowest BCUT2D eigenvalue weighted by Crippen LogP contribution is -2.50. The first-order valence-corrected chi connectivity index (χ1v) is 11.5. The molecule has 7 heteroatoms. The third kappa shape index (κ3) is 5.51. The van der Waals surface area contributed by atoms with E-state index in [4.69, 9.17) is 9.47 Å². The number of aromatic nitrogens is 1.